The van der Waals surface area contributed by atoms with Gasteiger partial charge < -0.3 is 14.4 Å². The van der Waals surface area contributed by atoms with Crippen LogP contribution in [-0.2, 0) is 4.74 Å². The van der Waals surface area contributed by atoms with Gasteiger partial charge in [0.25, 0.3) is 0 Å². The Kier molecular flexibility index (Phi) is 5.60. The first kappa shape index (κ1) is 21.0. The number of ether oxygens (including phenoxy) is 2. The zero-order valence-electron chi connectivity index (χ0n) is 17.5. The Balaban J connectivity index is 1.52. The number of pyridine rings is 1. The molecule has 0 radical (unpaired) electrons. The maximum atomic E-state index is 14.9. The second kappa shape index (κ2) is 8.26. The smallest absolute Gasteiger partial charge is 0.319 e. The molecule has 1 unspecified atom stereocenters. The standard InChI is InChI=1S/C21H26ClF2N5O2/c1-13-3-7-30-8-6-29(13)19-15-10-25-18(22)16(24)17(15)26-20(27-19)31-12-21-4-2-5-28(21)11-14(23)9-21/h10,13-14H,2-9,11-12H2,1H3/t13?,14-,21+/m1/s1. The summed E-state index contributed by atoms with van der Waals surface area (Å²) in [7, 11) is 0. The van der Waals surface area contributed by atoms with Crippen LogP contribution in [0.3, 0.4) is 0 Å². The molecule has 3 aliphatic rings. The van der Waals surface area contributed by atoms with Gasteiger partial charge in [0, 0.05) is 38.4 Å². The van der Waals surface area contributed by atoms with Crippen LogP contribution in [0, 0.1) is 5.82 Å². The SMILES string of the molecule is CC1CCOCCN1c1nc(OC[C@@]23CCCN2C[C@H](F)C3)nc2c(F)c(Cl)ncc12. The van der Waals surface area contributed by atoms with E-state index >= 15 is 0 Å². The highest BCUT2D eigenvalue weighted by Gasteiger charge is 2.49. The van der Waals surface area contributed by atoms with Gasteiger partial charge >= 0.3 is 6.01 Å². The topological polar surface area (TPSA) is 63.6 Å². The molecule has 3 saturated heterocycles. The molecule has 5 rings (SSSR count). The van der Waals surface area contributed by atoms with Gasteiger partial charge in [-0.2, -0.15) is 9.97 Å². The second-order valence-corrected chi connectivity index (χ2v) is 9.12. The van der Waals surface area contributed by atoms with Crippen molar-refractivity contribution >= 4 is 28.3 Å². The van der Waals surface area contributed by atoms with Crippen LogP contribution in [0.2, 0.25) is 5.15 Å². The van der Waals surface area contributed by atoms with Crippen LogP contribution in [0.15, 0.2) is 6.20 Å². The van der Waals surface area contributed by atoms with E-state index in [0.717, 1.165) is 25.8 Å². The first-order valence-electron chi connectivity index (χ1n) is 10.8. The Labute approximate surface area is 184 Å². The van der Waals surface area contributed by atoms with Crippen LogP contribution in [-0.4, -0.2) is 77.1 Å². The van der Waals surface area contributed by atoms with E-state index in [1.54, 1.807) is 0 Å². The Hall–Kier alpha value is -1.84. The van der Waals surface area contributed by atoms with E-state index in [2.05, 4.69) is 31.7 Å². The molecule has 31 heavy (non-hydrogen) atoms. The molecule has 10 heteroatoms. The summed E-state index contributed by atoms with van der Waals surface area (Å²) in [6.45, 7) is 5.48. The minimum absolute atomic E-state index is 0.0737. The van der Waals surface area contributed by atoms with Gasteiger partial charge in [0.05, 0.1) is 17.5 Å². The minimum Gasteiger partial charge on any atom is -0.461 e. The van der Waals surface area contributed by atoms with E-state index in [1.165, 1.54) is 6.20 Å². The summed E-state index contributed by atoms with van der Waals surface area (Å²) in [6, 6.07) is 0.211. The van der Waals surface area contributed by atoms with Gasteiger partial charge in [-0.1, -0.05) is 11.6 Å². The Morgan fingerprint density at radius 1 is 1.32 bits per heavy atom. The molecule has 5 heterocycles. The second-order valence-electron chi connectivity index (χ2n) is 8.76. The van der Waals surface area contributed by atoms with Crippen LogP contribution in [0.5, 0.6) is 6.01 Å². The number of alkyl halides is 1. The van der Waals surface area contributed by atoms with Gasteiger partial charge in [-0.3, -0.25) is 4.90 Å². The third-order valence-corrected chi connectivity index (χ3v) is 7.06. The Morgan fingerprint density at radius 3 is 3.06 bits per heavy atom. The third-order valence-electron chi connectivity index (χ3n) is 6.79. The van der Waals surface area contributed by atoms with Crippen LogP contribution in [0.25, 0.3) is 10.9 Å². The molecular formula is C21H26ClF2N5O2. The lowest BCUT2D eigenvalue weighted by Crippen LogP contribution is -2.43. The predicted molar refractivity (Wildman–Crippen MR) is 113 cm³/mol. The molecule has 7 nitrogen and oxygen atoms in total. The quantitative estimate of drug-likeness (QED) is 0.657. The number of aromatic nitrogens is 3. The molecule has 2 aromatic rings. The average Bonchev–Trinajstić information content (AvgIpc) is 3.18. The van der Waals surface area contributed by atoms with E-state index in [1.807, 2.05) is 0 Å². The molecule has 0 bridgehead atoms. The number of nitrogens with zero attached hydrogens (tertiary/aromatic N) is 5. The van der Waals surface area contributed by atoms with Gasteiger partial charge in [0.15, 0.2) is 11.0 Å². The number of rotatable bonds is 4. The zero-order chi connectivity index (χ0) is 21.6. The molecule has 0 aliphatic carbocycles. The maximum absolute atomic E-state index is 14.9. The van der Waals surface area contributed by atoms with Crippen molar-refractivity contribution in [3.05, 3.63) is 17.2 Å². The van der Waals surface area contributed by atoms with Crippen molar-refractivity contribution in [1.82, 2.24) is 19.9 Å². The highest BCUT2D eigenvalue weighted by Crippen LogP contribution is 2.40. The molecule has 3 fully saturated rings. The van der Waals surface area contributed by atoms with Crippen molar-refractivity contribution in [1.29, 1.82) is 0 Å². The fourth-order valence-electron chi connectivity index (χ4n) is 5.14. The summed E-state index contributed by atoms with van der Waals surface area (Å²) < 4.78 is 40.6. The fraction of sp³-hybridized carbons (Fsp3) is 0.667. The first-order chi connectivity index (χ1) is 15.0. The normalized spacial score (nSPS) is 29.4. The van der Waals surface area contributed by atoms with E-state index in [9.17, 15) is 8.78 Å². The summed E-state index contributed by atoms with van der Waals surface area (Å²) in [5.41, 5.74) is -0.260. The lowest BCUT2D eigenvalue weighted by molar-refractivity contribution is 0.107. The summed E-state index contributed by atoms with van der Waals surface area (Å²) in [6.07, 6.45) is 3.80. The molecule has 3 atom stereocenters. The molecule has 0 N–H and O–H groups in total. The van der Waals surface area contributed by atoms with Crippen molar-refractivity contribution in [3.63, 3.8) is 0 Å². The molecule has 0 saturated carbocycles. The largest absolute Gasteiger partial charge is 0.461 e. The monoisotopic (exact) mass is 453 g/mol. The highest BCUT2D eigenvalue weighted by molar-refractivity contribution is 6.30. The van der Waals surface area contributed by atoms with Crippen molar-refractivity contribution in [2.24, 2.45) is 0 Å². The molecule has 3 aliphatic heterocycles. The minimum atomic E-state index is -0.850. The number of anilines is 1. The van der Waals surface area contributed by atoms with Crippen LogP contribution >= 0.6 is 11.6 Å². The van der Waals surface area contributed by atoms with Gasteiger partial charge in [0.2, 0.25) is 0 Å². The van der Waals surface area contributed by atoms with E-state index < -0.39 is 12.0 Å². The van der Waals surface area contributed by atoms with Crippen LogP contribution < -0.4 is 9.64 Å². The summed E-state index contributed by atoms with van der Waals surface area (Å²) in [4.78, 5) is 17.2. The van der Waals surface area contributed by atoms with Crippen LogP contribution in [0.4, 0.5) is 14.6 Å². The number of halogens is 3. The van der Waals surface area contributed by atoms with Gasteiger partial charge in [-0.05, 0) is 32.7 Å². The lowest BCUT2D eigenvalue weighted by atomic mass is 9.95. The predicted octanol–water partition coefficient (Wildman–Crippen LogP) is 3.39. The summed E-state index contributed by atoms with van der Waals surface area (Å²) in [5, 5.41) is 0.236. The Bertz CT molecular complexity index is 982. The molecule has 0 spiro atoms. The number of hydrogen-bond acceptors (Lipinski definition) is 7. The van der Waals surface area contributed by atoms with E-state index in [0.29, 0.717) is 43.9 Å². The van der Waals surface area contributed by atoms with Gasteiger partial charge in [0.1, 0.15) is 24.1 Å². The van der Waals surface area contributed by atoms with Gasteiger partial charge in [-0.15, -0.1) is 0 Å². The molecule has 0 amide bonds. The Morgan fingerprint density at radius 2 is 2.19 bits per heavy atom. The summed E-state index contributed by atoms with van der Waals surface area (Å²) >= 11 is 5.93. The van der Waals surface area contributed by atoms with Crippen molar-refractivity contribution in [2.75, 3.05) is 44.4 Å². The average molecular weight is 454 g/mol. The molecule has 2 aromatic heterocycles. The van der Waals surface area contributed by atoms with Crippen molar-refractivity contribution in [3.8, 4) is 6.01 Å². The van der Waals surface area contributed by atoms with Crippen molar-refractivity contribution in [2.45, 2.75) is 50.4 Å². The fourth-order valence-corrected chi connectivity index (χ4v) is 5.28. The van der Waals surface area contributed by atoms with E-state index in [-0.39, 0.29) is 34.9 Å². The maximum Gasteiger partial charge on any atom is 0.319 e. The molecule has 0 aromatic carbocycles. The third kappa shape index (κ3) is 3.81. The zero-order valence-corrected chi connectivity index (χ0v) is 18.2. The number of fused-ring (bicyclic) bond motifs is 2. The number of hydrogen-bond donors (Lipinski definition) is 0. The lowest BCUT2D eigenvalue weighted by Gasteiger charge is -2.31. The van der Waals surface area contributed by atoms with Crippen LogP contribution in [0.1, 0.15) is 32.6 Å². The highest BCUT2D eigenvalue weighted by atomic mass is 35.5. The summed E-state index contributed by atoms with van der Waals surface area (Å²) in [5.74, 6) is -0.145. The van der Waals surface area contributed by atoms with E-state index in [4.69, 9.17) is 21.1 Å². The first-order valence-corrected chi connectivity index (χ1v) is 11.2. The van der Waals surface area contributed by atoms with Crippen molar-refractivity contribution < 1.29 is 18.3 Å². The molecule has 168 valence electrons. The van der Waals surface area contributed by atoms with Gasteiger partial charge in [-0.25, -0.2) is 13.8 Å². The molecular weight excluding hydrogens is 428 g/mol.